The first-order chi connectivity index (χ1) is 12.6. The number of anilines is 1. The molecule has 0 unspecified atom stereocenters. The van der Waals surface area contributed by atoms with Crippen LogP contribution in [0.5, 0.6) is 0 Å². The van der Waals surface area contributed by atoms with Gasteiger partial charge in [0.2, 0.25) is 0 Å². The van der Waals surface area contributed by atoms with Gasteiger partial charge in [0.15, 0.2) is 0 Å². The maximum atomic E-state index is 4.50. The molecule has 6 nitrogen and oxygen atoms in total. The van der Waals surface area contributed by atoms with Gasteiger partial charge < -0.3 is 5.32 Å². The van der Waals surface area contributed by atoms with Crippen molar-refractivity contribution in [2.45, 2.75) is 47.5 Å². The Hall–Kier alpha value is -2.76. The lowest BCUT2D eigenvalue weighted by atomic mass is 10.1. The number of aryl methyl sites for hydroxylation is 1. The normalized spacial score (nSPS) is 9.65. The van der Waals surface area contributed by atoms with Gasteiger partial charge in [-0.1, -0.05) is 39.8 Å². The maximum absolute atomic E-state index is 4.50. The number of pyridine rings is 2. The zero-order chi connectivity index (χ0) is 19.4. The average molecular weight is 355 g/mol. The number of nitrogens with zero attached hydrogens (tertiary/aromatic N) is 5. The zero-order valence-electron chi connectivity index (χ0n) is 16.6. The van der Waals surface area contributed by atoms with Gasteiger partial charge in [0.25, 0.3) is 0 Å². The molecule has 1 N–H and O–H groups in total. The van der Waals surface area contributed by atoms with Gasteiger partial charge in [-0.05, 0) is 44.0 Å². The van der Waals surface area contributed by atoms with Crippen molar-refractivity contribution in [3.8, 4) is 5.82 Å². The summed E-state index contributed by atoms with van der Waals surface area (Å²) >= 11 is 0. The molecule has 0 saturated heterocycles. The van der Waals surface area contributed by atoms with Crippen LogP contribution in [0.15, 0.2) is 49.1 Å². The standard InChI is InChI=1S/C10H12N4.C8H12N2.C2H6/c1-8(2)9-4-3-5-10(13-9)14-6-11-12-7-14;1-3-9-8-6-4-5-7(2)10-8;1-2/h3-8H,1-2H3;4-6H,3H2,1-2H3,(H,9,10);1-2H3. The van der Waals surface area contributed by atoms with Crippen molar-refractivity contribution in [2.24, 2.45) is 0 Å². The fourth-order valence-corrected chi connectivity index (χ4v) is 2.05. The predicted octanol–water partition coefficient (Wildman–Crippen LogP) is 4.63. The highest BCUT2D eigenvalue weighted by molar-refractivity contribution is 5.34. The first-order valence-corrected chi connectivity index (χ1v) is 9.09. The van der Waals surface area contributed by atoms with Crippen LogP contribution >= 0.6 is 0 Å². The number of hydrogen-bond donors (Lipinski definition) is 1. The van der Waals surface area contributed by atoms with Crippen molar-refractivity contribution in [1.82, 2.24) is 24.7 Å². The molecule has 3 aromatic heterocycles. The first-order valence-electron chi connectivity index (χ1n) is 9.09. The zero-order valence-corrected chi connectivity index (χ0v) is 16.6. The minimum atomic E-state index is 0.437. The van der Waals surface area contributed by atoms with Crippen LogP contribution in [0, 0.1) is 6.92 Å². The lowest BCUT2D eigenvalue weighted by Gasteiger charge is -2.06. The quantitative estimate of drug-likeness (QED) is 0.739. The maximum Gasteiger partial charge on any atom is 0.139 e. The molecule has 3 aromatic rings. The average Bonchev–Trinajstić information content (AvgIpc) is 3.19. The van der Waals surface area contributed by atoms with Gasteiger partial charge in [-0.25, -0.2) is 9.97 Å². The highest BCUT2D eigenvalue weighted by Crippen LogP contribution is 2.13. The molecule has 0 aliphatic heterocycles. The van der Waals surface area contributed by atoms with Gasteiger partial charge in [-0.3, -0.25) is 4.57 Å². The molecule has 3 rings (SSSR count). The van der Waals surface area contributed by atoms with E-state index in [-0.39, 0.29) is 0 Å². The third-order valence-corrected chi connectivity index (χ3v) is 3.28. The lowest BCUT2D eigenvalue weighted by Crippen LogP contribution is -1.99. The largest absolute Gasteiger partial charge is 0.370 e. The van der Waals surface area contributed by atoms with Crippen molar-refractivity contribution < 1.29 is 0 Å². The second-order valence-corrected chi connectivity index (χ2v) is 5.64. The summed E-state index contributed by atoms with van der Waals surface area (Å²) in [5.74, 6) is 2.26. The molecular formula is C20H30N6. The van der Waals surface area contributed by atoms with Crippen LogP contribution in [0.25, 0.3) is 5.82 Å². The van der Waals surface area contributed by atoms with Crippen LogP contribution in [-0.4, -0.2) is 31.3 Å². The summed E-state index contributed by atoms with van der Waals surface area (Å²) in [5, 5.41) is 10.6. The third kappa shape index (κ3) is 7.01. The van der Waals surface area contributed by atoms with Crippen LogP contribution in [0.4, 0.5) is 5.82 Å². The van der Waals surface area contributed by atoms with Gasteiger partial charge in [0.1, 0.15) is 24.3 Å². The summed E-state index contributed by atoms with van der Waals surface area (Å²) in [6, 6.07) is 11.9. The van der Waals surface area contributed by atoms with Crippen molar-refractivity contribution in [3.05, 3.63) is 60.4 Å². The Morgan fingerprint density at radius 2 is 1.62 bits per heavy atom. The lowest BCUT2D eigenvalue weighted by molar-refractivity contribution is 0.809. The molecular weight excluding hydrogens is 324 g/mol. The highest BCUT2D eigenvalue weighted by Gasteiger charge is 2.02. The third-order valence-electron chi connectivity index (χ3n) is 3.28. The highest BCUT2D eigenvalue weighted by atomic mass is 15.2. The summed E-state index contributed by atoms with van der Waals surface area (Å²) in [5.41, 5.74) is 2.13. The molecule has 0 saturated carbocycles. The molecule has 0 aliphatic rings. The Morgan fingerprint density at radius 1 is 0.962 bits per heavy atom. The number of aromatic nitrogens is 5. The molecule has 0 amide bonds. The van der Waals surface area contributed by atoms with E-state index < -0.39 is 0 Å². The van der Waals surface area contributed by atoms with Crippen LogP contribution < -0.4 is 5.32 Å². The van der Waals surface area contributed by atoms with E-state index in [1.807, 2.05) is 57.2 Å². The Balaban J connectivity index is 0.000000249. The Morgan fingerprint density at radius 3 is 2.19 bits per heavy atom. The van der Waals surface area contributed by atoms with Gasteiger partial charge >= 0.3 is 0 Å². The summed E-state index contributed by atoms with van der Waals surface area (Å²) in [6.45, 7) is 13.2. The molecule has 0 radical (unpaired) electrons. The van der Waals surface area contributed by atoms with Crippen LogP contribution in [0.1, 0.15) is 51.9 Å². The molecule has 3 heterocycles. The molecule has 140 valence electrons. The van der Waals surface area contributed by atoms with Crippen molar-refractivity contribution in [1.29, 1.82) is 0 Å². The van der Waals surface area contributed by atoms with E-state index in [0.29, 0.717) is 5.92 Å². The Kier molecular flexibility index (Phi) is 9.61. The van der Waals surface area contributed by atoms with E-state index in [9.17, 15) is 0 Å². The minimum absolute atomic E-state index is 0.437. The number of hydrogen-bond acceptors (Lipinski definition) is 5. The van der Waals surface area contributed by atoms with E-state index in [1.165, 1.54) is 0 Å². The van der Waals surface area contributed by atoms with Crippen molar-refractivity contribution in [3.63, 3.8) is 0 Å². The van der Waals surface area contributed by atoms with E-state index in [4.69, 9.17) is 0 Å². The van der Waals surface area contributed by atoms with E-state index in [1.54, 1.807) is 17.2 Å². The van der Waals surface area contributed by atoms with Gasteiger partial charge in [0, 0.05) is 17.9 Å². The molecule has 0 fully saturated rings. The molecule has 0 bridgehead atoms. The number of rotatable bonds is 4. The first kappa shape index (κ1) is 21.3. The smallest absolute Gasteiger partial charge is 0.139 e. The second-order valence-electron chi connectivity index (χ2n) is 5.64. The summed E-state index contributed by atoms with van der Waals surface area (Å²) < 4.78 is 1.80. The molecule has 0 spiro atoms. The second kappa shape index (κ2) is 11.7. The van der Waals surface area contributed by atoms with Crippen LogP contribution in [-0.2, 0) is 0 Å². The summed E-state index contributed by atoms with van der Waals surface area (Å²) in [4.78, 5) is 8.75. The molecule has 26 heavy (non-hydrogen) atoms. The van der Waals surface area contributed by atoms with E-state index >= 15 is 0 Å². The summed E-state index contributed by atoms with van der Waals surface area (Å²) in [7, 11) is 0. The van der Waals surface area contributed by atoms with E-state index in [0.717, 1.165) is 29.6 Å². The van der Waals surface area contributed by atoms with E-state index in [2.05, 4.69) is 46.3 Å². The monoisotopic (exact) mass is 354 g/mol. The van der Waals surface area contributed by atoms with Crippen molar-refractivity contribution in [2.75, 3.05) is 11.9 Å². The predicted molar refractivity (Wildman–Crippen MR) is 108 cm³/mol. The molecule has 0 aromatic carbocycles. The topological polar surface area (TPSA) is 68.5 Å². The summed E-state index contributed by atoms with van der Waals surface area (Å²) in [6.07, 6.45) is 3.29. The molecule has 6 heteroatoms. The van der Waals surface area contributed by atoms with Crippen LogP contribution in [0.2, 0.25) is 0 Å². The Labute approximate surface area is 156 Å². The van der Waals surface area contributed by atoms with Gasteiger partial charge in [-0.2, -0.15) is 0 Å². The SMILES string of the molecule is CC.CC(C)c1cccc(-n2cnnc2)n1.CCNc1cccc(C)n1. The van der Waals surface area contributed by atoms with Crippen LogP contribution in [0.3, 0.4) is 0 Å². The van der Waals surface area contributed by atoms with Gasteiger partial charge in [-0.15, -0.1) is 10.2 Å². The van der Waals surface area contributed by atoms with Gasteiger partial charge in [0.05, 0.1) is 0 Å². The Bertz CT molecular complexity index is 738. The minimum Gasteiger partial charge on any atom is -0.370 e. The number of nitrogens with one attached hydrogen (secondary N) is 1. The molecule has 0 atom stereocenters. The molecule has 0 aliphatic carbocycles. The van der Waals surface area contributed by atoms with Crippen molar-refractivity contribution >= 4 is 5.82 Å². The fourth-order valence-electron chi connectivity index (χ4n) is 2.05. The fraction of sp³-hybridized carbons (Fsp3) is 0.400.